The summed E-state index contributed by atoms with van der Waals surface area (Å²) in [5.74, 6) is 1.19. The number of hydrogen-bond donors (Lipinski definition) is 1. The molecule has 0 aliphatic carbocycles. The van der Waals surface area contributed by atoms with Gasteiger partial charge in [0.15, 0.2) is 0 Å². The molecule has 0 radical (unpaired) electrons. The molecule has 3 rings (SSSR count). The zero-order valence-corrected chi connectivity index (χ0v) is 19.3. The first-order valence-corrected chi connectivity index (χ1v) is 11.2. The van der Waals surface area contributed by atoms with Crippen molar-refractivity contribution in [2.75, 3.05) is 18.9 Å². The van der Waals surface area contributed by atoms with E-state index in [9.17, 15) is 4.79 Å². The maximum atomic E-state index is 13.5. The fraction of sp³-hybridized carbons (Fsp3) is 0.348. The van der Waals surface area contributed by atoms with Gasteiger partial charge in [0.05, 0.1) is 15.7 Å². The molecule has 0 aliphatic heterocycles. The van der Waals surface area contributed by atoms with Gasteiger partial charge < -0.3 is 10.2 Å². The average molecular weight is 443 g/mol. The number of rotatable bonds is 8. The molecular weight excluding hydrogens is 416 g/mol. The Morgan fingerprint density at radius 1 is 1.20 bits per heavy atom. The summed E-state index contributed by atoms with van der Waals surface area (Å²) in [4.78, 5) is 24.9. The number of benzene rings is 1. The number of carbonyl (C=O) groups excluding carboxylic acids is 1. The Bertz CT molecular complexity index is 973. The molecule has 1 atom stereocenters. The van der Waals surface area contributed by atoms with E-state index in [1.165, 1.54) is 11.3 Å². The number of anilines is 1. The van der Waals surface area contributed by atoms with Crippen LogP contribution in [0.4, 0.5) is 5.82 Å². The molecule has 1 amide bonds. The van der Waals surface area contributed by atoms with E-state index in [0.29, 0.717) is 22.4 Å². The second kappa shape index (κ2) is 10.0. The number of amides is 1. The first-order valence-electron chi connectivity index (χ1n) is 10.0. The van der Waals surface area contributed by atoms with Gasteiger partial charge in [-0.1, -0.05) is 55.8 Å². The molecule has 0 spiro atoms. The van der Waals surface area contributed by atoms with Gasteiger partial charge in [-0.05, 0) is 31.4 Å². The van der Waals surface area contributed by atoms with Crippen molar-refractivity contribution in [1.82, 2.24) is 14.9 Å². The Kier molecular flexibility index (Phi) is 7.45. The quantitative estimate of drug-likeness (QED) is 0.481. The van der Waals surface area contributed by atoms with Crippen LogP contribution in [0.1, 0.15) is 34.9 Å². The Balaban J connectivity index is 1.81. The molecule has 0 saturated carbocycles. The van der Waals surface area contributed by atoms with Crippen molar-refractivity contribution in [2.45, 2.75) is 33.2 Å². The summed E-state index contributed by atoms with van der Waals surface area (Å²) in [6.07, 6.45) is 2.49. The second-order valence-corrected chi connectivity index (χ2v) is 9.36. The number of nitrogens with one attached hydrogen (secondary N) is 1. The number of carbonyl (C=O) groups is 1. The fourth-order valence-corrected chi connectivity index (χ4v) is 4.35. The van der Waals surface area contributed by atoms with Crippen molar-refractivity contribution in [3.8, 4) is 11.3 Å². The molecule has 0 saturated heterocycles. The molecule has 1 aromatic carbocycles. The third-order valence-electron chi connectivity index (χ3n) is 4.83. The minimum atomic E-state index is -0.00373. The molecule has 0 fully saturated rings. The Labute approximate surface area is 187 Å². The van der Waals surface area contributed by atoms with Crippen LogP contribution in [0.5, 0.6) is 0 Å². The second-order valence-electron chi connectivity index (χ2n) is 7.72. The average Bonchev–Trinajstić information content (AvgIpc) is 3.13. The number of thiazole rings is 1. The minimum Gasteiger partial charge on any atom is -0.368 e. The number of aryl methyl sites for hydroxylation is 1. The van der Waals surface area contributed by atoms with Gasteiger partial charge in [-0.3, -0.25) is 4.79 Å². The summed E-state index contributed by atoms with van der Waals surface area (Å²) in [5, 5.41) is 4.82. The van der Waals surface area contributed by atoms with Crippen molar-refractivity contribution < 1.29 is 4.79 Å². The number of aromatic nitrogens is 2. The van der Waals surface area contributed by atoms with E-state index in [0.717, 1.165) is 28.5 Å². The van der Waals surface area contributed by atoms with Crippen molar-refractivity contribution in [3.05, 3.63) is 63.6 Å². The summed E-state index contributed by atoms with van der Waals surface area (Å²) in [6, 6.07) is 13.5. The van der Waals surface area contributed by atoms with Crippen molar-refractivity contribution in [1.29, 1.82) is 0 Å². The predicted octanol–water partition coefficient (Wildman–Crippen LogP) is 5.77. The van der Waals surface area contributed by atoms with Crippen LogP contribution in [0.3, 0.4) is 0 Å². The van der Waals surface area contributed by atoms with Crippen LogP contribution < -0.4 is 5.32 Å². The van der Waals surface area contributed by atoms with Gasteiger partial charge in [-0.2, -0.15) is 0 Å². The molecule has 3 aromatic rings. The summed E-state index contributed by atoms with van der Waals surface area (Å²) in [5.41, 5.74) is 1.72. The number of pyridine rings is 1. The molecule has 2 heterocycles. The number of nitrogens with zero attached hydrogens (tertiary/aromatic N) is 3. The van der Waals surface area contributed by atoms with Crippen LogP contribution in [0, 0.1) is 12.8 Å². The monoisotopic (exact) mass is 442 g/mol. The Morgan fingerprint density at radius 2 is 1.93 bits per heavy atom. The van der Waals surface area contributed by atoms with Crippen LogP contribution in [0.15, 0.2) is 48.7 Å². The summed E-state index contributed by atoms with van der Waals surface area (Å²) in [6.45, 7) is 6.87. The van der Waals surface area contributed by atoms with E-state index in [4.69, 9.17) is 11.6 Å². The zero-order chi connectivity index (χ0) is 21.7. The lowest BCUT2D eigenvalue weighted by molar-refractivity contribution is 0.0728. The maximum absolute atomic E-state index is 13.5. The van der Waals surface area contributed by atoms with E-state index in [-0.39, 0.29) is 11.9 Å². The Hall–Kier alpha value is -2.44. The molecule has 30 heavy (non-hydrogen) atoms. The first kappa shape index (κ1) is 22.2. The van der Waals surface area contributed by atoms with Crippen LogP contribution in [-0.4, -0.2) is 40.4 Å². The summed E-state index contributed by atoms with van der Waals surface area (Å²) < 4.78 is 0. The van der Waals surface area contributed by atoms with Gasteiger partial charge in [-0.15, -0.1) is 11.3 Å². The highest BCUT2D eigenvalue weighted by molar-refractivity contribution is 7.14. The molecule has 0 bridgehead atoms. The van der Waals surface area contributed by atoms with E-state index >= 15 is 0 Å². The molecule has 0 aliphatic rings. The topological polar surface area (TPSA) is 58.1 Å². The van der Waals surface area contributed by atoms with Crippen LogP contribution in [-0.2, 0) is 0 Å². The largest absolute Gasteiger partial charge is 0.368 e. The van der Waals surface area contributed by atoms with E-state index in [1.54, 1.807) is 12.3 Å². The van der Waals surface area contributed by atoms with Crippen LogP contribution >= 0.6 is 22.9 Å². The van der Waals surface area contributed by atoms with Crippen LogP contribution in [0.2, 0.25) is 5.02 Å². The highest BCUT2D eigenvalue weighted by Crippen LogP contribution is 2.30. The normalized spacial score (nSPS) is 12.1. The van der Waals surface area contributed by atoms with Gasteiger partial charge in [0.2, 0.25) is 0 Å². The smallest absolute Gasteiger partial charge is 0.266 e. The number of halogens is 1. The first-order chi connectivity index (χ1) is 14.3. The predicted molar refractivity (Wildman–Crippen MR) is 125 cm³/mol. The van der Waals surface area contributed by atoms with Gasteiger partial charge in [0, 0.05) is 31.4 Å². The lowest BCUT2D eigenvalue weighted by Crippen LogP contribution is -2.42. The molecule has 5 nitrogen and oxygen atoms in total. The molecule has 158 valence electrons. The van der Waals surface area contributed by atoms with E-state index in [2.05, 4.69) is 29.1 Å². The lowest BCUT2D eigenvalue weighted by atomic mass is 10.0. The van der Waals surface area contributed by atoms with Gasteiger partial charge in [0.1, 0.15) is 10.7 Å². The standard InChI is InChI=1S/C23H27ClN4OS/c1-15(2)12-19(14-26-20-11-10-18(24)13-25-20)28(4)23(29)22-21(27-16(3)30-22)17-8-6-5-7-9-17/h5-11,13,15,19H,12,14H2,1-4H3,(H,25,26). The van der Waals surface area contributed by atoms with Gasteiger partial charge in [-0.25, -0.2) is 9.97 Å². The minimum absolute atomic E-state index is 0.00373. The van der Waals surface area contributed by atoms with Gasteiger partial charge in [0.25, 0.3) is 5.91 Å². The highest BCUT2D eigenvalue weighted by Gasteiger charge is 2.26. The van der Waals surface area contributed by atoms with Gasteiger partial charge >= 0.3 is 0 Å². The van der Waals surface area contributed by atoms with Crippen molar-refractivity contribution >= 4 is 34.7 Å². The molecule has 1 N–H and O–H groups in total. The molecular formula is C23H27ClN4OS. The van der Waals surface area contributed by atoms with Crippen molar-refractivity contribution in [2.24, 2.45) is 5.92 Å². The molecule has 1 unspecified atom stereocenters. The lowest BCUT2D eigenvalue weighted by Gasteiger charge is -2.30. The highest BCUT2D eigenvalue weighted by atomic mass is 35.5. The molecule has 2 aromatic heterocycles. The van der Waals surface area contributed by atoms with Crippen molar-refractivity contribution in [3.63, 3.8) is 0 Å². The van der Waals surface area contributed by atoms with E-state index < -0.39 is 0 Å². The summed E-state index contributed by atoms with van der Waals surface area (Å²) >= 11 is 7.37. The molecule has 7 heteroatoms. The van der Waals surface area contributed by atoms with E-state index in [1.807, 2.05) is 55.3 Å². The number of likely N-dealkylation sites (N-methyl/N-ethyl adjacent to an activating group) is 1. The SMILES string of the molecule is Cc1nc(-c2ccccc2)c(C(=O)N(C)C(CNc2ccc(Cl)cn2)CC(C)C)s1. The third kappa shape index (κ3) is 5.58. The Morgan fingerprint density at radius 3 is 2.57 bits per heavy atom. The third-order valence-corrected chi connectivity index (χ3v) is 6.02. The number of hydrogen-bond acceptors (Lipinski definition) is 5. The van der Waals surface area contributed by atoms with Crippen LogP contribution in [0.25, 0.3) is 11.3 Å². The summed E-state index contributed by atoms with van der Waals surface area (Å²) in [7, 11) is 1.87. The maximum Gasteiger partial charge on any atom is 0.266 e. The fourth-order valence-electron chi connectivity index (χ4n) is 3.31. The zero-order valence-electron chi connectivity index (χ0n) is 17.7.